The van der Waals surface area contributed by atoms with Crippen LogP contribution in [0.15, 0.2) is 66.4 Å². The molecule has 0 radical (unpaired) electrons. The Labute approximate surface area is 182 Å². The zero-order chi connectivity index (χ0) is 21.3. The fraction of sp³-hybridized carbons (Fsp3) is 0.0435. The number of fused-ring (bicyclic) bond motifs is 1. The molecule has 4 rings (SSSR count). The summed E-state index contributed by atoms with van der Waals surface area (Å²) >= 11 is 12.2. The number of hydrogen-bond acceptors (Lipinski definition) is 5. The number of carbonyl (C=O) groups is 2. The van der Waals surface area contributed by atoms with E-state index in [2.05, 4.69) is 0 Å². The molecule has 1 heterocycles. The molecule has 0 aromatic heterocycles. The van der Waals surface area contributed by atoms with Crippen LogP contribution in [0.25, 0.3) is 6.08 Å². The number of ether oxygens (including phenoxy) is 3. The van der Waals surface area contributed by atoms with E-state index in [9.17, 15) is 9.59 Å². The molecule has 3 aromatic carbocycles. The minimum Gasteiger partial charge on any atom is -0.497 e. The van der Waals surface area contributed by atoms with Gasteiger partial charge in [0.05, 0.1) is 28.3 Å². The summed E-state index contributed by atoms with van der Waals surface area (Å²) in [7, 11) is 1.51. The second-order valence-corrected chi connectivity index (χ2v) is 7.15. The van der Waals surface area contributed by atoms with Gasteiger partial charge in [0, 0.05) is 6.07 Å². The van der Waals surface area contributed by atoms with E-state index in [1.807, 2.05) is 0 Å². The number of Topliss-reactive ketones (excluding diaryl/α,β-unsaturated/α-hetero) is 1. The maximum atomic E-state index is 12.6. The van der Waals surface area contributed by atoms with Crippen molar-refractivity contribution >= 4 is 41.0 Å². The molecule has 0 saturated carbocycles. The van der Waals surface area contributed by atoms with Gasteiger partial charge in [0.15, 0.2) is 5.76 Å². The van der Waals surface area contributed by atoms with Crippen LogP contribution in [-0.4, -0.2) is 18.9 Å². The third kappa shape index (κ3) is 3.90. The summed E-state index contributed by atoms with van der Waals surface area (Å²) in [5.74, 6) is 0.329. The van der Waals surface area contributed by atoms with Crippen LogP contribution in [0.2, 0.25) is 10.0 Å². The maximum Gasteiger partial charge on any atom is 0.343 e. The number of esters is 1. The van der Waals surface area contributed by atoms with Gasteiger partial charge in [-0.2, -0.15) is 0 Å². The van der Waals surface area contributed by atoms with Gasteiger partial charge in [0.2, 0.25) is 5.78 Å². The predicted molar refractivity (Wildman–Crippen MR) is 114 cm³/mol. The first-order chi connectivity index (χ1) is 14.5. The highest BCUT2D eigenvalue weighted by atomic mass is 35.5. The lowest BCUT2D eigenvalue weighted by molar-refractivity contribution is 0.0734. The van der Waals surface area contributed by atoms with E-state index in [1.165, 1.54) is 25.3 Å². The van der Waals surface area contributed by atoms with Gasteiger partial charge in [0.1, 0.15) is 17.2 Å². The van der Waals surface area contributed by atoms with Crippen molar-refractivity contribution in [3.63, 3.8) is 0 Å². The van der Waals surface area contributed by atoms with E-state index in [4.69, 9.17) is 37.4 Å². The first-order valence-corrected chi connectivity index (χ1v) is 9.60. The largest absolute Gasteiger partial charge is 0.497 e. The summed E-state index contributed by atoms with van der Waals surface area (Å²) in [4.78, 5) is 25.0. The number of rotatable bonds is 4. The van der Waals surface area contributed by atoms with Crippen molar-refractivity contribution in [1.29, 1.82) is 0 Å². The molecule has 0 atom stereocenters. The minimum atomic E-state index is -0.556. The molecule has 0 spiro atoms. The van der Waals surface area contributed by atoms with Crippen LogP contribution in [0.3, 0.4) is 0 Å². The van der Waals surface area contributed by atoms with Gasteiger partial charge in [-0.25, -0.2) is 4.79 Å². The average molecular weight is 441 g/mol. The van der Waals surface area contributed by atoms with Crippen molar-refractivity contribution < 1.29 is 23.8 Å². The number of allylic oxidation sites excluding steroid dienone is 1. The molecule has 0 fully saturated rings. The second-order valence-electron chi connectivity index (χ2n) is 6.36. The first kappa shape index (κ1) is 20.0. The lowest BCUT2D eigenvalue weighted by Crippen LogP contribution is -2.08. The maximum absolute atomic E-state index is 12.6. The van der Waals surface area contributed by atoms with Crippen molar-refractivity contribution in [1.82, 2.24) is 0 Å². The van der Waals surface area contributed by atoms with E-state index in [-0.39, 0.29) is 17.3 Å². The standard InChI is InChI=1S/C23H14Cl2O5/c1-28-15-6-2-5-14(10-15)23(27)29-16-8-9-17-19(12-16)30-20(22(17)26)11-13-4-3-7-18(24)21(13)25/h2-12H,1H3/b20-11-. The Hall–Kier alpha value is -3.28. The number of hydrogen-bond donors (Lipinski definition) is 0. The predicted octanol–water partition coefficient (Wildman–Crippen LogP) is 5.84. The van der Waals surface area contributed by atoms with E-state index in [1.54, 1.807) is 48.5 Å². The number of methoxy groups -OCH3 is 1. The zero-order valence-corrected chi connectivity index (χ0v) is 17.2. The second kappa shape index (κ2) is 8.22. The van der Waals surface area contributed by atoms with Gasteiger partial charge >= 0.3 is 5.97 Å². The van der Waals surface area contributed by atoms with Gasteiger partial charge in [-0.3, -0.25) is 4.79 Å². The van der Waals surface area contributed by atoms with Crippen LogP contribution in [0.1, 0.15) is 26.3 Å². The molecule has 0 unspecified atom stereocenters. The van der Waals surface area contributed by atoms with Gasteiger partial charge in [0.25, 0.3) is 0 Å². The van der Waals surface area contributed by atoms with Gasteiger partial charge < -0.3 is 14.2 Å². The Kier molecular flexibility index (Phi) is 5.48. The van der Waals surface area contributed by atoms with Crippen molar-refractivity contribution in [2.75, 3.05) is 7.11 Å². The Morgan fingerprint density at radius 3 is 2.60 bits per heavy atom. The van der Waals surface area contributed by atoms with Crippen molar-refractivity contribution in [2.24, 2.45) is 0 Å². The average Bonchev–Trinajstić information content (AvgIpc) is 3.06. The van der Waals surface area contributed by atoms with Crippen LogP contribution in [-0.2, 0) is 0 Å². The molecule has 150 valence electrons. The molecule has 0 bridgehead atoms. The van der Waals surface area contributed by atoms with Gasteiger partial charge in [-0.1, -0.05) is 41.4 Å². The van der Waals surface area contributed by atoms with Gasteiger partial charge in [-0.05, 0) is 48.0 Å². The fourth-order valence-corrected chi connectivity index (χ4v) is 3.28. The molecule has 7 heteroatoms. The normalized spacial score (nSPS) is 13.7. The highest BCUT2D eigenvalue weighted by Gasteiger charge is 2.28. The highest BCUT2D eigenvalue weighted by molar-refractivity contribution is 6.43. The molecule has 1 aliphatic rings. The third-order valence-electron chi connectivity index (χ3n) is 4.43. The minimum absolute atomic E-state index is 0.102. The molecular formula is C23H14Cl2O5. The summed E-state index contributed by atoms with van der Waals surface area (Å²) in [6.07, 6.45) is 1.53. The van der Waals surface area contributed by atoms with Crippen molar-refractivity contribution in [2.45, 2.75) is 0 Å². The zero-order valence-electron chi connectivity index (χ0n) is 15.6. The Balaban J connectivity index is 1.57. The lowest BCUT2D eigenvalue weighted by Gasteiger charge is -2.07. The Morgan fingerprint density at radius 1 is 1.00 bits per heavy atom. The molecule has 5 nitrogen and oxygen atoms in total. The van der Waals surface area contributed by atoms with Crippen molar-refractivity contribution in [3.05, 3.63) is 93.2 Å². The lowest BCUT2D eigenvalue weighted by atomic mass is 10.1. The molecule has 0 aliphatic carbocycles. The fourth-order valence-electron chi connectivity index (χ4n) is 2.92. The van der Waals surface area contributed by atoms with Gasteiger partial charge in [-0.15, -0.1) is 0 Å². The van der Waals surface area contributed by atoms with Crippen LogP contribution >= 0.6 is 23.2 Å². The first-order valence-electron chi connectivity index (χ1n) is 8.85. The summed E-state index contributed by atoms with van der Waals surface area (Å²) in [5.41, 5.74) is 1.26. The molecule has 3 aromatic rings. The Morgan fingerprint density at radius 2 is 1.80 bits per heavy atom. The van der Waals surface area contributed by atoms with E-state index in [0.717, 1.165) is 0 Å². The highest BCUT2D eigenvalue weighted by Crippen LogP contribution is 2.36. The molecular weight excluding hydrogens is 427 g/mol. The monoisotopic (exact) mass is 440 g/mol. The van der Waals surface area contributed by atoms with E-state index < -0.39 is 5.97 Å². The molecule has 0 amide bonds. The summed E-state index contributed by atoms with van der Waals surface area (Å²) < 4.78 is 16.2. The van der Waals surface area contributed by atoms with Crippen LogP contribution in [0.4, 0.5) is 0 Å². The molecule has 0 N–H and O–H groups in total. The number of carbonyl (C=O) groups excluding carboxylic acids is 2. The Bertz CT molecular complexity index is 1200. The molecule has 1 aliphatic heterocycles. The summed E-state index contributed by atoms with van der Waals surface area (Å²) in [5, 5.41) is 0.702. The number of ketones is 1. The SMILES string of the molecule is COc1cccc(C(=O)Oc2ccc3c(c2)O/C(=C\c2cccc(Cl)c2Cl)C3=O)c1. The molecule has 0 saturated heterocycles. The van der Waals surface area contributed by atoms with E-state index in [0.29, 0.717) is 38.2 Å². The topological polar surface area (TPSA) is 61.8 Å². The molecule has 30 heavy (non-hydrogen) atoms. The quantitative estimate of drug-likeness (QED) is 0.289. The summed E-state index contributed by atoms with van der Waals surface area (Å²) in [6.45, 7) is 0. The summed E-state index contributed by atoms with van der Waals surface area (Å²) in [6, 6.07) is 16.3. The number of halogens is 2. The van der Waals surface area contributed by atoms with Crippen LogP contribution in [0.5, 0.6) is 17.2 Å². The van der Waals surface area contributed by atoms with Crippen LogP contribution < -0.4 is 14.2 Å². The number of benzene rings is 3. The third-order valence-corrected chi connectivity index (χ3v) is 5.26. The van der Waals surface area contributed by atoms with Crippen molar-refractivity contribution in [3.8, 4) is 17.2 Å². The van der Waals surface area contributed by atoms with Crippen LogP contribution in [0, 0.1) is 0 Å². The smallest absolute Gasteiger partial charge is 0.343 e. The van der Waals surface area contributed by atoms with E-state index >= 15 is 0 Å².